The molecule has 17 heavy (non-hydrogen) atoms. The highest BCUT2D eigenvalue weighted by Gasteiger charge is 2.26. The molecule has 94 valence electrons. The summed E-state index contributed by atoms with van der Waals surface area (Å²) in [6.45, 7) is 2.78. The van der Waals surface area contributed by atoms with Crippen LogP contribution in [0.2, 0.25) is 0 Å². The summed E-state index contributed by atoms with van der Waals surface area (Å²) < 4.78 is 0. The fraction of sp³-hybridized carbons (Fsp3) is 0.643. The molecule has 0 saturated carbocycles. The van der Waals surface area contributed by atoms with Gasteiger partial charge >= 0.3 is 0 Å². The molecule has 0 aromatic carbocycles. The van der Waals surface area contributed by atoms with Crippen LogP contribution < -0.4 is 11.5 Å². The summed E-state index contributed by atoms with van der Waals surface area (Å²) in [6, 6.07) is 4.54. The summed E-state index contributed by atoms with van der Waals surface area (Å²) >= 11 is 0. The quantitative estimate of drug-likeness (QED) is 0.834. The van der Waals surface area contributed by atoms with Gasteiger partial charge in [-0.1, -0.05) is 6.07 Å². The van der Waals surface area contributed by atoms with E-state index in [-0.39, 0.29) is 6.04 Å². The van der Waals surface area contributed by atoms with Crippen LogP contribution in [0.3, 0.4) is 0 Å². The van der Waals surface area contributed by atoms with Crippen molar-refractivity contribution in [2.75, 3.05) is 6.54 Å². The first kappa shape index (κ1) is 12.5. The molecule has 2 unspecified atom stereocenters. The minimum absolute atomic E-state index is 0.215. The highest BCUT2D eigenvalue weighted by Crippen LogP contribution is 2.33. The SMILES string of the molecule is Cc1ccc2c(n1)C(C(N)CCCN)CCC2. The maximum Gasteiger partial charge on any atom is 0.0485 e. The Balaban J connectivity index is 2.18. The fourth-order valence-corrected chi connectivity index (χ4v) is 2.76. The number of hydrogen-bond acceptors (Lipinski definition) is 3. The molecule has 1 aliphatic carbocycles. The fourth-order valence-electron chi connectivity index (χ4n) is 2.76. The van der Waals surface area contributed by atoms with Gasteiger partial charge in [0.25, 0.3) is 0 Å². The third kappa shape index (κ3) is 2.85. The number of aromatic nitrogens is 1. The van der Waals surface area contributed by atoms with Crippen LogP contribution in [-0.4, -0.2) is 17.6 Å². The van der Waals surface area contributed by atoms with Gasteiger partial charge in [0.1, 0.15) is 0 Å². The normalized spacial score (nSPS) is 21.0. The largest absolute Gasteiger partial charge is 0.330 e. The molecule has 1 heterocycles. The van der Waals surface area contributed by atoms with E-state index < -0.39 is 0 Å². The zero-order chi connectivity index (χ0) is 12.3. The first-order valence-corrected chi connectivity index (χ1v) is 6.64. The number of fused-ring (bicyclic) bond motifs is 1. The summed E-state index contributed by atoms with van der Waals surface area (Å²) in [5.41, 5.74) is 15.6. The minimum atomic E-state index is 0.215. The van der Waals surface area contributed by atoms with Gasteiger partial charge in [-0.2, -0.15) is 0 Å². The van der Waals surface area contributed by atoms with E-state index >= 15 is 0 Å². The van der Waals surface area contributed by atoms with Gasteiger partial charge in [0, 0.05) is 23.3 Å². The first-order valence-electron chi connectivity index (χ1n) is 6.64. The summed E-state index contributed by atoms with van der Waals surface area (Å²) in [5, 5.41) is 0. The zero-order valence-corrected chi connectivity index (χ0v) is 10.7. The molecule has 4 N–H and O–H groups in total. The Morgan fingerprint density at radius 2 is 2.29 bits per heavy atom. The standard InChI is InChI=1S/C14H23N3/c1-10-7-8-11-4-2-5-12(14(11)17-10)13(16)6-3-9-15/h7-8,12-13H,2-6,9,15-16H2,1H3. The summed E-state index contributed by atoms with van der Waals surface area (Å²) in [5.74, 6) is 0.435. The third-order valence-corrected chi connectivity index (χ3v) is 3.72. The number of nitrogens with zero attached hydrogens (tertiary/aromatic N) is 1. The van der Waals surface area contributed by atoms with Gasteiger partial charge in [-0.25, -0.2) is 0 Å². The van der Waals surface area contributed by atoms with E-state index in [4.69, 9.17) is 16.5 Å². The predicted molar refractivity (Wildman–Crippen MR) is 70.9 cm³/mol. The van der Waals surface area contributed by atoms with Crippen molar-refractivity contribution in [3.05, 3.63) is 29.1 Å². The van der Waals surface area contributed by atoms with Crippen LogP contribution in [0.4, 0.5) is 0 Å². The lowest BCUT2D eigenvalue weighted by Crippen LogP contribution is -2.32. The Hall–Kier alpha value is -0.930. The molecule has 0 radical (unpaired) electrons. The molecule has 0 fully saturated rings. The van der Waals surface area contributed by atoms with Crippen molar-refractivity contribution < 1.29 is 0 Å². The van der Waals surface area contributed by atoms with Gasteiger partial charge in [-0.15, -0.1) is 0 Å². The molecule has 0 saturated heterocycles. The highest BCUT2D eigenvalue weighted by atomic mass is 14.8. The van der Waals surface area contributed by atoms with Gasteiger partial charge in [0.15, 0.2) is 0 Å². The lowest BCUT2D eigenvalue weighted by molar-refractivity contribution is 0.425. The van der Waals surface area contributed by atoms with Crippen molar-refractivity contribution in [2.24, 2.45) is 11.5 Å². The molecular weight excluding hydrogens is 210 g/mol. The molecular formula is C14H23N3. The van der Waals surface area contributed by atoms with E-state index in [1.807, 2.05) is 0 Å². The Kier molecular flexibility index (Phi) is 4.13. The summed E-state index contributed by atoms with van der Waals surface area (Å²) in [7, 11) is 0. The maximum atomic E-state index is 6.30. The maximum absolute atomic E-state index is 6.30. The van der Waals surface area contributed by atoms with Crippen LogP contribution in [-0.2, 0) is 6.42 Å². The molecule has 0 bridgehead atoms. The lowest BCUT2D eigenvalue weighted by atomic mass is 9.81. The second kappa shape index (κ2) is 5.61. The van der Waals surface area contributed by atoms with Crippen LogP contribution >= 0.6 is 0 Å². The van der Waals surface area contributed by atoms with Gasteiger partial charge < -0.3 is 11.5 Å². The predicted octanol–water partition coefficient (Wildman–Crippen LogP) is 1.88. The van der Waals surface area contributed by atoms with Crippen molar-refractivity contribution >= 4 is 0 Å². The second-order valence-electron chi connectivity index (χ2n) is 5.09. The van der Waals surface area contributed by atoms with E-state index in [9.17, 15) is 0 Å². The number of rotatable bonds is 4. The van der Waals surface area contributed by atoms with Gasteiger partial charge in [-0.3, -0.25) is 4.98 Å². The van der Waals surface area contributed by atoms with Crippen LogP contribution in [0.15, 0.2) is 12.1 Å². The monoisotopic (exact) mass is 233 g/mol. The topological polar surface area (TPSA) is 64.9 Å². The van der Waals surface area contributed by atoms with Crippen LogP contribution in [0.5, 0.6) is 0 Å². The minimum Gasteiger partial charge on any atom is -0.330 e. The van der Waals surface area contributed by atoms with Gasteiger partial charge in [0.05, 0.1) is 0 Å². The van der Waals surface area contributed by atoms with Gasteiger partial charge in [0.2, 0.25) is 0 Å². The van der Waals surface area contributed by atoms with Crippen molar-refractivity contribution in [3.8, 4) is 0 Å². The Bertz CT molecular complexity index is 376. The van der Waals surface area contributed by atoms with Crippen LogP contribution in [0.1, 0.15) is 48.6 Å². The molecule has 2 rings (SSSR count). The second-order valence-corrected chi connectivity index (χ2v) is 5.09. The third-order valence-electron chi connectivity index (χ3n) is 3.72. The van der Waals surface area contributed by atoms with E-state index in [0.717, 1.165) is 31.5 Å². The molecule has 1 aromatic rings. The van der Waals surface area contributed by atoms with Crippen LogP contribution in [0, 0.1) is 6.92 Å². The first-order chi connectivity index (χ1) is 8.22. The van der Waals surface area contributed by atoms with Crippen molar-refractivity contribution in [3.63, 3.8) is 0 Å². The Morgan fingerprint density at radius 3 is 3.06 bits per heavy atom. The number of aryl methyl sites for hydroxylation is 2. The summed E-state index contributed by atoms with van der Waals surface area (Å²) in [6.07, 6.45) is 5.59. The molecule has 2 atom stereocenters. The smallest absolute Gasteiger partial charge is 0.0485 e. The average Bonchev–Trinajstić information content (AvgIpc) is 2.35. The molecule has 0 spiro atoms. The number of nitrogens with two attached hydrogens (primary N) is 2. The van der Waals surface area contributed by atoms with Gasteiger partial charge in [-0.05, 0) is 57.2 Å². The molecule has 0 amide bonds. The zero-order valence-electron chi connectivity index (χ0n) is 10.7. The van der Waals surface area contributed by atoms with E-state index in [0.29, 0.717) is 5.92 Å². The Labute approximate surface area is 104 Å². The van der Waals surface area contributed by atoms with E-state index in [1.54, 1.807) is 0 Å². The molecule has 1 aromatic heterocycles. The summed E-state index contributed by atoms with van der Waals surface area (Å²) in [4.78, 5) is 4.71. The van der Waals surface area contributed by atoms with E-state index in [1.165, 1.54) is 24.1 Å². The van der Waals surface area contributed by atoms with Crippen molar-refractivity contribution in [1.82, 2.24) is 4.98 Å². The lowest BCUT2D eigenvalue weighted by Gasteiger charge is -2.29. The molecule has 1 aliphatic rings. The van der Waals surface area contributed by atoms with Crippen molar-refractivity contribution in [2.45, 2.75) is 51.0 Å². The highest BCUT2D eigenvalue weighted by molar-refractivity contribution is 5.29. The van der Waals surface area contributed by atoms with Crippen LogP contribution in [0.25, 0.3) is 0 Å². The molecule has 3 heteroatoms. The van der Waals surface area contributed by atoms with Crippen molar-refractivity contribution in [1.29, 1.82) is 0 Å². The number of hydrogen-bond donors (Lipinski definition) is 2. The molecule has 0 aliphatic heterocycles. The number of pyridine rings is 1. The molecule has 3 nitrogen and oxygen atoms in total. The average molecular weight is 233 g/mol. The van der Waals surface area contributed by atoms with E-state index in [2.05, 4.69) is 19.1 Å². The Morgan fingerprint density at radius 1 is 1.47 bits per heavy atom.